The van der Waals surface area contributed by atoms with E-state index in [9.17, 15) is 0 Å². The van der Waals surface area contributed by atoms with Crippen LogP contribution in [-0.4, -0.2) is 0 Å². The van der Waals surface area contributed by atoms with Crippen molar-refractivity contribution in [3.63, 3.8) is 0 Å². The average Bonchev–Trinajstić information content (AvgIpc) is 3.20. The number of fused-ring (bicyclic) bond motifs is 6. The minimum Gasteiger partial charge on any atom is -0.0683 e. The van der Waals surface area contributed by atoms with Crippen LogP contribution < -0.4 is 0 Å². The quantitative estimate of drug-likeness (QED) is 0.155. The predicted molar refractivity (Wildman–Crippen MR) is 225 cm³/mol. The van der Waals surface area contributed by atoms with Crippen LogP contribution in [0.1, 0.15) is 49.9 Å². The number of aryl methyl sites for hydroxylation is 4. The first-order valence-corrected chi connectivity index (χ1v) is 18.2. The Morgan fingerprint density at radius 3 is 0.480 bits per heavy atom. The van der Waals surface area contributed by atoms with E-state index in [4.69, 9.17) is 0 Å². The van der Waals surface area contributed by atoms with Gasteiger partial charge < -0.3 is 0 Å². The maximum atomic E-state index is 2.29. The highest BCUT2D eigenvalue weighted by atomic mass is 14.2. The maximum Gasteiger partial charge on any atom is -0.00141 e. The van der Waals surface area contributed by atoms with Gasteiger partial charge in [0.1, 0.15) is 0 Å². The molecule has 0 aliphatic carbocycles. The molecule has 50 heavy (non-hydrogen) atoms. The van der Waals surface area contributed by atoms with Crippen molar-refractivity contribution in [2.24, 2.45) is 0 Å². The first kappa shape index (κ1) is 34.4. The molecule has 0 aliphatic rings. The SMILES string of the molecule is CC.CC.Cc1c2ccccc2c(-c2c3ccccc3c(C)c3ccccc23)c2ccccc12.Cc1c2ccccc2c(C)c2ccccc12. The van der Waals surface area contributed by atoms with Crippen LogP contribution in [0.25, 0.3) is 75.8 Å². The van der Waals surface area contributed by atoms with Gasteiger partial charge in [-0.1, -0.05) is 173 Å². The average molecular weight is 649 g/mol. The summed E-state index contributed by atoms with van der Waals surface area (Å²) in [7, 11) is 0. The maximum absolute atomic E-state index is 2.29. The molecule has 0 fully saturated rings. The molecule has 0 nitrogen and oxygen atoms in total. The van der Waals surface area contributed by atoms with Crippen molar-refractivity contribution in [1.82, 2.24) is 0 Å². The van der Waals surface area contributed by atoms with E-state index in [0.717, 1.165) is 0 Å². The Hall–Kier alpha value is -5.46. The van der Waals surface area contributed by atoms with Crippen molar-refractivity contribution in [1.29, 1.82) is 0 Å². The Labute approximate surface area is 298 Å². The molecule has 0 atom stereocenters. The molecule has 0 bridgehead atoms. The first-order chi connectivity index (χ1) is 24.5. The second-order valence-corrected chi connectivity index (χ2v) is 12.5. The second-order valence-electron chi connectivity index (χ2n) is 12.5. The summed E-state index contributed by atoms with van der Waals surface area (Å²) in [4.78, 5) is 0. The van der Waals surface area contributed by atoms with Gasteiger partial charge in [-0.3, -0.25) is 0 Å². The van der Waals surface area contributed by atoms with Crippen molar-refractivity contribution >= 4 is 64.6 Å². The van der Waals surface area contributed by atoms with Gasteiger partial charge in [0.25, 0.3) is 0 Å². The van der Waals surface area contributed by atoms with Crippen molar-refractivity contribution in [3.05, 3.63) is 168 Å². The summed E-state index contributed by atoms with van der Waals surface area (Å²) in [6, 6.07) is 52.8. The summed E-state index contributed by atoms with van der Waals surface area (Å²) >= 11 is 0. The normalized spacial score (nSPS) is 10.8. The van der Waals surface area contributed by atoms with E-state index >= 15 is 0 Å². The Kier molecular flexibility index (Phi) is 10.3. The van der Waals surface area contributed by atoms with Crippen molar-refractivity contribution in [2.75, 3.05) is 0 Å². The topological polar surface area (TPSA) is 0 Å². The second kappa shape index (κ2) is 15.0. The third kappa shape index (κ3) is 5.80. The fourth-order valence-corrected chi connectivity index (χ4v) is 7.80. The van der Waals surface area contributed by atoms with Crippen LogP contribution in [0.3, 0.4) is 0 Å². The van der Waals surface area contributed by atoms with Crippen molar-refractivity contribution in [2.45, 2.75) is 55.4 Å². The fraction of sp³-hybridized carbons (Fsp3) is 0.160. The monoisotopic (exact) mass is 648 g/mol. The lowest BCUT2D eigenvalue weighted by atomic mass is 9.83. The van der Waals surface area contributed by atoms with Crippen LogP contribution in [0.5, 0.6) is 0 Å². The third-order valence-electron chi connectivity index (χ3n) is 10.1. The first-order valence-electron chi connectivity index (χ1n) is 18.2. The summed E-state index contributed by atoms with van der Waals surface area (Å²) in [6.07, 6.45) is 0. The molecule has 248 valence electrons. The summed E-state index contributed by atoms with van der Waals surface area (Å²) < 4.78 is 0. The van der Waals surface area contributed by atoms with Crippen LogP contribution in [0, 0.1) is 27.7 Å². The highest BCUT2D eigenvalue weighted by molar-refractivity contribution is 6.25. The van der Waals surface area contributed by atoms with Crippen LogP contribution in [0.15, 0.2) is 146 Å². The standard InChI is InChI=1S/C30H22.C16H14.2C2H6/c1-19-21-11-3-7-15-25(21)29(26-16-8-4-12-22(19)26)30-27-17-9-5-13-23(27)20(2)24-14-6-10-18-28(24)30;1-11-13-7-3-5-9-15(13)12(2)16-10-6-4-8-14(11)16;2*1-2/h3-18H,1-2H3;3-10H,1-2H3;2*1-2H3. The Bertz CT molecular complexity index is 2260. The molecule has 0 heteroatoms. The van der Waals surface area contributed by atoms with Crippen LogP contribution in [0.4, 0.5) is 0 Å². The van der Waals surface area contributed by atoms with Crippen molar-refractivity contribution in [3.8, 4) is 11.1 Å². The molecule has 0 aliphatic heterocycles. The van der Waals surface area contributed by atoms with E-state index < -0.39 is 0 Å². The highest BCUT2D eigenvalue weighted by Gasteiger charge is 2.18. The lowest BCUT2D eigenvalue weighted by molar-refractivity contribution is 1.50. The number of hydrogen-bond acceptors (Lipinski definition) is 0. The van der Waals surface area contributed by atoms with Gasteiger partial charge in [0.15, 0.2) is 0 Å². The van der Waals surface area contributed by atoms with E-state index in [1.54, 1.807) is 0 Å². The fourth-order valence-electron chi connectivity index (χ4n) is 7.80. The highest BCUT2D eigenvalue weighted by Crippen LogP contribution is 2.46. The zero-order valence-corrected chi connectivity index (χ0v) is 30.9. The molecular formula is C50H48. The molecule has 0 N–H and O–H groups in total. The predicted octanol–water partition coefficient (Wildman–Crippen LogP) is 15.2. The number of rotatable bonds is 1. The third-order valence-corrected chi connectivity index (χ3v) is 10.1. The van der Waals surface area contributed by atoms with Gasteiger partial charge in [-0.25, -0.2) is 0 Å². The Morgan fingerprint density at radius 2 is 0.320 bits per heavy atom. The van der Waals surface area contributed by atoms with Gasteiger partial charge in [0.2, 0.25) is 0 Å². The van der Waals surface area contributed by atoms with Crippen molar-refractivity contribution < 1.29 is 0 Å². The van der Waals surface area contributed by atoms with Gasteiger partial charge in [0.05, 0.1) is 0 Å². The molecule has 9 aromatic rings. The van der Waals surface area contributed by atoms with Crippen LogP contribution in [-0.2, 0) is 0 Å². The molecule has 0 saturated carbocycles. The van der Waals surface area contributed by atoms with Gasteiger partial charge in [-0.05, 0) is 126 Å². The Morgan fingerprint density at radius 1 is 0.200 bits per heavy atom. The molecule has 9 rings (SSSR count). The summed E-state index contributed by atoms with van der Waals surface area (Å²) in [5, 5.41) is 16.1. The molecule has 0 amide bonds. The summed E-state index contributed by atoms with van der Waals surface area (Å²) in [5.74, 6) is 0. The lowest BCUT2D eigenvalue weighted by Gasteiger charge is -2.20. The minimum absolute atomic E-state index is 1.33. The van der Waals surface area contributed by atoms with E-state index in [-0.39, 0.29) is 0 Å². The van der Waals surface area contributed by atoms with E-state index in [2.05, 4.69) is 173 Å². The molecule has 0 heterocycles. The molecule has 0 aromatic heterocycles. The minimum atomic E-state index is 1.33. The number of benzene rings is 9. The molecule has 0 spiro atoms. The smallest absolute Gasteiger partial charge is 0.00141 e. The largest absolute Gasteiger partial charge is 0.0683 e. The summed E-state index contributed by atoms with van der Waals surface area (Å²) in [5.41, 5.74) is 8.17. The van der Waals surface area contributed by atoms with Crippen LogP contribution in [0.2, 0.25) is 0 Å². The molecule has 9 aromatic carbocycles. The summed E-state index contributed by atoms with van der Waals surface area (Å²) in [6.45, 7) is 16.9. The van der Waals surface area contributed by atoms with Gasteiger partial charge >= 0.3 is 0 Å². The molecular weight excluding hydrogens is 601 g/mol. The molecule has 0 saturated heterocycles. The van der Waals surface area contributed by atoms with Gasteiger partial charge in [-0.15, -0.1) is 0 Å². The molecule has 0 radical (unpaired) electrons. The Balaban J connectivity index is 0.000000182. The van der Waals surface area contributed by atoms with Gasteiger partial charge in [-0.2, -0.15) is 0 Å². The van der Waals surface area contributed by atoms with E-state index in [1.165, 1.54) is 98.0 Å². The van der Waals surface area contributed by atoms with E-state index in [0.29, 0.717) is 0 Å². The zero-order chi connectivity index (χ0) is 35.4. The van der Waals surface area contributed by atoms with E-state index in [1.807, 2.05) is 27.7 Å². The molecule has 0 unspecified atom stereocenters. The van der Waals surface area contributed by atoms with Gasteiger partial charge in [0, 0.05) is 0 Å². The number of hydrogen-bond donors (Lipinski definition) is 0. The lowest BCUT2D eigenvalue weighted by Crippen LogP contribution is -1.93. The van der Waals surface area contributed by atoms with Crippen LogP contribution >= 0.6 is 0 Å². The zero-order valence-electron chi connectivity index (χ0n) is 30.9.